The molecule has 0 aliphatic carbocycles. The van der Waals surface area contributed by atoms with E-state index in [0.29, 0.717) is 5.56 Å². The van der Waals surface area contributed by atoms with Crippen LogP contribution in [-0.2, 0) is 0 Å². The maximum atomic E-state index is 13.1. The number of benzene rings is 1. The number of carbonyl (C=O) groups is 1. The number of carbonyl (C=O) groups excluding carboxylic acids is 1. The first-order chi connectivity index (χ1) is 11.8. The van der Waals surface area contributed by atoms with Crippen molar-refractivity contribution in [2.45, 2.75) is 25.8 Å². The Morgan fingerprint density at radius 3 is 2.79 bits per heavy atom. The highest BCUT2D eigenvalue weighted by atomic mass is 32.1. The van der Waals surface area contributed by atoms with Crippen LogP contribution in [0, 0.1) is 6.92 Å². The molecule has 0 N–H and O–H groups in total. The number of aromatic nitrogens is 2. The average molecular weight is 337 g/mol. The lowest BCUT2D eigenvalue weighted by molar-refractivity contribution is 0.0737. The van der Waals surface area contributed by atoms with Crippen molar-refractivity contribution in [3.8, 4) is 5.69 Å². The standard InChI is InChI=1S/C19H19N3OS/c1-14-16(13-20-22(14)15-7-3-2-4-8-15)19(23)21-11-5-9-17(21)18-10-6-12-24-18/h2-4,6-8,10,12-13,17H,5,9,11H2,1H3. The molecule has 1 aliphatic heterocycles. The predicted molar refractivity (Wildman–Crippen MR) is 95.6 cm³/mol. The van der Waals surface area contributed by atoms with Crippen molar-refractivity contribution in [1.82, 2.24) is 14.7 Å². The van der Waals surface area contributed by atoms with E-state index in [1.807, 2.05) is 46.8 Å². The van der Waals surface area contributed by atoms with Crippen molar-refractivity contribution in [2.75, 3.05) is 6.54 Å². The quantitative estimate of drug-likeness (QED) is 0.718. The largest absolute Gasteiger partial charge is 0.331 e. The Hall–Kier alpha value is -2.40. The van der Waals surface area contributed by atoms with E-state index in [1.54, 1.807) is 17.5 Å². The van der Waals surface area contributed by atoms with Crippen molar-refractivity contribution in [1.29, 1.82) is 0 Å². The number of nitrogens with zero attached hydrogens (tertiary/aromatic N) is 3. The summed E-state index contributed by atoms with van der Waals surface area (Å²) in [6.07, 6.45) is 3.80. The smallest absolute Gasteiger partial charge is 0.257 e. The highest BCUT2D eigenvalue weighted by Gasteiger charge is 2.32. The van der Waals surface area contributed by atoms with Crippen LogP contribution in [0.2, 0.25) is 0 Å². The fourth-order valence-corrected chi connectivity index (χ4v) is 4.26. The molecule has 1 atom stereocenters. The Morgan fingerprint density at radius 2 is 2.04 bits per heavy atom. The minimum absolute atomic E-state index is 0.0885. The fourth-order valence-electron chi connectivity index (χ4n) is 3.39. The molecule has 1 aromatic carbocycles. The second-order valence-corrected chi connectivity index (χ2v) is 7.04. The van der Waals surface area contributed by atoms with E-state index in [4.69, 9.17) is 0 Å². The zero-order valence-electron chi connectivity index (χ0n) is 13.6. The van der Waals surface area contributed by atoms with Gasteiger partial charge in [0.2, 0.25) is 0 Å². The van der Waals surface area contributed by atoms with Crippen molar-refractivity contribution in [3.63, 3.8) is 0 Å². The minimum atomic E-state index is 0.0885. The summed E-state index contributed by atoms with van der Waals surface area (Å²) in [7, 11) is 0. The van der Waals surface area contributed by atoms with Gasteiger partial charge in [-0.25, -0.2) is 4.68 Å². The number of hydrogen-bond acceptors (Lipinski definition) is 3. The summed E-state index contributed by atoms with van der Waals surface area (Å²) in [5.74, 6) is 0.0885. The fraction of sp³-hybridized carbons (Fsp3) is 0.263. The molecule has 0 saturated carbocycles. The van der Waals surface area contributed by atoms with E-state index in [2.05, 4.69) is 22.6 Å². The van der Waals surface area contributed by atoms with E-state index >= 15 is 0 Å². The highest BCUT2D eigenvalue weighted by molar-refractivity contribution is 7.10. The third-order valence-electron chi connectivity index (χ3n) is 4.63. The lowest BCUT2D eigenvalue weighted by Crippen LogP contribution is -2.30. The van der Waals surface area contributed by atoms with Gasteiger partial charge in [-0.3, -0.25) is 4.79 Å². The van der Waals surface area contributed by atoms with Crippen LogP contribution >= 0.6 is 11.3 Å². The summed E-state index contributed by atoms with van der Waals surface area (Å²) >= 11 is 1.73. The van der Waals surface area contributed by atoms with Crippen LogP contribution in [0.4, 0.5) is 0 Å². The second kappa shape index (κ2) is 6.24. The van der Waals surface area contributed by atoms with Gasteiger partial charge in [0.1, 0.15) is 0 Å². The number of para-hydroxylation sites is 1. The highest BCUT2D eigenvalue weighted by Crippen LogP contribution is 2.35. The van der Waals surface area contributed by atoms with E-state index in [9.17, 15) is 4.79 Å². The molecule has 5 heteroatoms. The summed E-state index contributed by atoms with van der Waals surface area (Å²) in [4.78, 5) is 16.4. The molecule has 0 radical (unpaired) electrons. The van der Waals surface area contributed by atoms with Crippen molar-refractivity contribution < 1.29 is 4.79 Å². The molecule has 3 aromatic rings. The third-order valence-corrected chi connectivity index (χ3v) is 5.60. The third kappa shape index (κ3) is 2.55. The minimum Gasteiger partial charge on any atom is -0.331 e. The van der Waals surface area contributed by atoms with Gasteiger partial charge in [-0.2, -0.15) is 5.10 Å². The summed E-state index contributed by atoms with van der Waals surface area (Å²) in [6.45, 7) is 2.78. The van der Waals surface area contributed by atoms with Crippen LogP contribution in [0.25, 0.3) is 5.69 Å². The molecular formula is C19H19N3OS. The number of thiophene rings is 1. The molecule has 1 unspecified atom stereocenters. The molecule has 1 aliphatic rings. The van der Waals surface area contributed by atoms with Crippen LogP contribution in [0.3, 0.4) is 0 Å². The van der Waals surface area contributed by atoms with Gasteiger partial charge >= 0.3 is 0 Å². The number of likely N-dealkylation sites (tertiary alicyclic amines) is 1. The zero-order valence-corrected chi connectivity index (χ0v) is 14.4. The molecule has 4 nitrogen and oxygen atoms in total. The van der Waals surface area contributed by atoms with Crippen molar-refractivity contribution in [2.24, 2.45) is 0 Å². The molecule has 122 valence electrons. The zero-order chi connectivity index (χ0) is 16.5. The molecule has 2 aromatic heterocycles. The Bertz CT molecular complexity index is 839. The summed E-state index contributed by atoms with van der Waals surface area (Å²) < 4.78 is 1.84. The van der Waals surface area contributed by atoms with Gasteiger partial charge in [-0.1, -0.05) is 24.3 Å². The van der Waals surface area contributed by atoms with Gasteiger partial charge in [-0.05, 0) is 43.3 Å². The average Bonchev–Trinajstić information content (AvgIpc) is 3.35. The molecule has 0 spiro atoms. The van der Waals surface area contributed by atoms with Gasteiger partial charge in [-0.15, -0.1) is 11.3 Å². The number of amides is 1. The topological polar surface area (TPSA) is 38.1 Å². The van der Waals surface area contributed by atoms with Crippen LogP contribution in [0.15, 0.2) is 54.0 Å². The van der Waals surface area contributed by atoms with Gasteiger partial charge in [0, 0.05) is 11.4 Å². The monoisotopic (exact) mass is 337 g/mol. The SMILES string of the molecule is Cc1c(C(=O)N2CCCC2c2cccs2)cnn1-c1ccccc1. The number of rotatable bonds is 3. The van der Waals surface area contributed by atoms with E-state index < -0.39 is 0 Å². The van der Waals surface area contributed by atoms with Crippen LogP contribution in [-0.4, -0.2) is 27.1 Å². The molecule has 0 bridgehead atoms. The Kier molecular flexibility index (Phi) is 3.94. The van der Waals surface area contributed by atoms with E-state index in [0.717, 1.165) is 30.8 Å². The molecular weight excluding hydrogens is 318 g/mol. The molecule has 1 saturated heterocycles. The second-order valence-electron chi connectivity index (χ2n) is 6.06. The summed E-state index contributed by atoms with van der Waals surface area (Å²) in [5.41, 5.74) is 2.57. The lowest BCUT2D eigenvalue weighted by Gasteiger charge is -2.23. The van der Waals surface area contributed by atoms with Crippen LogP contribution < -0.4 is 0 Å². The predicted octanol–water partition coefficient (Wildman–Crippen LogP) is 4.22. The summed E-state index contributed by atoms with van der Waals surface area (Å²) in [5, 5.41) is 6.52. The maximum Gasteiger partial charge on any atom is 0.257 e. The van der Waals surface area contributed by atoms with E-state index in [1.165, 1.54) is 4.88 Å². The Balaban J connectivity index is 1.64. The molecule has 24 heavy (non-hydrogen) atoms. The Labute approximate surface area is 145 Å². The summed E-state index contributed by atoms with van der Waals surface area (Å²) in [6, 6.07) is 14.3. The van der Waals surface area contributed by atoms with Crippen molar-refractivity contribution in [3.05, 3.63) is 70.2 Å². The van der Waals surface area contributed by atoms with Crippen molar-refractivity contribution >= 4 is 17.2 Å². The number of hydrogen-bond donors (Lipinski definition) is 0. The van der Waals surface area contributed by atoms with Gasteiger partial charge in [0.05, 0.1) is 29.2 Å². The van der Waals surface area contributed by atoms with Crippen LogP contribution in [0.5, 0.6) is 0 Å². The molecule has 1 fully saturated rings. The molecule has 3 heterocycles. The van der Waals surface area contributed by atoms with Gasteiger partial charge < -0.3 is 4.90 Å². The maximum absolute atomic E-state index is 13.1. The Morgan fingerprint density at radius 1 is 1.21 bits per heavy atom. The van der Waals surface area contributed by atoms with Crippen LogP contribution in [0.1, 0.15) is 39.8 Å². The first kappa shape index (κ1) is 15.1. The first-order valence-corrected chi connectivity index (χ1v) is 9.08. The lowest BCUT2D eigenvalue weighted by atomic mass is 10.1. The normalized spacial score (nSPS) is 17.4. The first-order valence-electron chi connectivity index (χ1n) is 8.20. The molecule has 1 amide bonds. The van der Waals surface area contributed by atoms with Gasteiger partial charge in [0.15, 0.2) is 0 Å². The molecule has 4 rings (SSSR count). The van der Waals surface area contributed by atoms with E-state index in [-0.39, 0.29) is 11.9 Å². The van der Waals surface area contributed by atoms with Gasteiger partial charge in [0.25, 0.3) is 5.91 Å².